The van der Waals surface area contributed by atoms with Crippen LogP contribution in [0.5, 0.6) is 0 Å². The van der Waals surface area contributed by atoms with Crippen LogP contribution in [0.4, 0.5) is 48.3 Å². The van der Waals surface area contributed by atoms with Gasteiger partial charge >= 0.3 is 29.9 Å². The van der Waals surface area contributed by atoms with Crippen LogP contribution >= 0.6 is 0 Å². The van der Waals surface area contributed by atoms with Crippen molar-refractivity contribution in [3.8, 4) is 0 Å². The lowest BCUT2D eigenvalue weighted by Gasteiger charge is -2.41. The summed E-state index contributed by atoms with van der Waals surface area (Å²) >= 11 is 0. The molecule has 1 N–H and O–H groups in total. The molecule has 0 saturated carbocycles. The smallest absolute Gasteiger partial charge is 0.384 e. The minimum absolute atomic E-state index is 0.150. The van der Waals surface area contributed by atoms with E-state index >= 15 is 0 Å². The molecule has 0 radical (unpaired) electrons. The zero-order valence-corrected chi connectivity index (χ0v) is 9.60. The lowest BCUT2D eigenvalue weighted by Crippen LogP contribution is -2.70. The first kappa shape index (κ1) is 19.2. The van der Waals surface area contributed by atoms with Crippen LogP contribution in [-0.4, -0.2) is 40.6 Å². The van der Waals surface area contributed by atoms with Gasteiger partial charge in [-0.25, -0.2) is 0 Å². The van der Waals surface area contributed by atoms with E-state index in [-0.39, 0.29) is 13.8 Å². The Morgan fingerprint density at radius 2 is 0.750 bits per heavy atom. The Hall–Kier alpha value is -0.810. The van der Waals surface area contributed by atoms with E-state index in [1.165, 1.54) is 0 Å². The van der Waals surface area contributed by atoms with E-state index < -0.39 is 35.5 Å². The summed E-state index contributed by atoms with van der Waals surface area (Å²) in [6, 6.07) is 0. The average Bonchev–Trinajstić information content (AvgIpc) is 2.12. The van der Waals surface area contributed by atoms with Gasteiger partial charge in [-0.3, -0.25) is 0 Å². The summed E-state index contributed by atoms with van der Waals surface area (Å²) in [6.45, 7) is -0.300. The number of hydrogen-bond acceptors (Lipinski definition) is 1. The first-order chi connectivity index (χ1) is 8.25. The maximum Gasteiger partial charge on any atom is 0.460 e. The summed E-state index contributed by atoms with van der Waals surface area (Å²) < 4.78 is 137. The van der Waals surface area contributed by atoms with Crippen LogP contribution in [0.15, 0.2) is 0 Å². The summed E-state index contributed by atoms with van der Waals surface area (Å²) in [5.74, 6) is -28.4. The normalized spacial score (nSPS) is 16.5. The maximum atomic E-state index is 12.9. The number of halogens is 11. The van der Waals surface area contributed by atoms with E-state index in [1.807, 2.05) is 0 Å². The highest BCUT2D eigenvalue weighted by Gasteiger charge is 2.88. The molecule has 0 bridgehead atoms. The summed E-state index contributed by atoms with van der Waals surface area (Å²) in [7, 11) is 0. The summed E-state index contributed by atoms with van der Waals surface area (Å²) in [5, 5.41) is 8.62. The van der Waals surface area contributed by atoms with Crippen molar-refractivity contribution in [3.05, 3.63) is 0 Å². The van der Waals surface area contributed by atoms with Gasteiger partial charge in [0.15, 0.2) is 0 Å². The van der Waals surface area contributed by atoms with Crippen molar-refractivity contribution in [2.24, 2.45) is 0 Å². The Kier molecular flexibility index (Phi) is 4.16. The molecule has 0 aliphatic heterocycles. The van der Waals surface area contributed by atoms with Crippen molar-refractivity contribution in [3.63, 3.8) is 0 Å². The Labute approximate surface area is 104 Å². The quantitative estimate of drug-likeness (QED) is 0.777. The lowest BCUT2D eigenvalue weighted by atomic mass is 9.88. The van der Waals surface area contributed by atoms with Crippen LogP contribution in [0.2, 0.25) is 0 Å². The third-order valence-corrected chi connectivity index (χ3v) is 2.31. The lowest BCUT2D eigenvalue weighted by molar-refractivity contribution is -0.434. The Balaban J connectivity index is 6.08. The van der Waals surface area contributed by atoms with Gasteiger partial charge in [0.25, 0.3) is 0 Å². The molecule has 0 spiro atoms. The van der Waals surface area contributed by atoms with Gasteiger partial charge < -0.3 is 5.11 Å². The van der Waals surface area contributed by atoms with Gasteiger partial charge in [0.05, 0.1) is 0 Å². The van der Waals surface area contributed by atoms with Crippen LogP contribution in [0.3, 0.4) is 0 Å². The van der Waals surface area contributed by atoms with Gasteiger partial charge in [-0.05, 0) is 13.8 Å². The van der Waals surface area contributed by atoms with Crippen molar-refractivity contribution in [2.45, 2.75) is 49.3 Å². The van der Waals surface area contributed by atoms with Crippen molar-refractivity contribution >= 4 is 0 Å². The highest BCUT2D eigenvalue weighted by atomic mass is 19.4. The number of hydrogen-bond donors (Lipinski definition) is 1. The van der Waals surface area contributed by atoms with Crippen molar-refractivity contribution in [1.82, 2.24) is 0 Å². The summed E-state index contributed by atoms with van der Waals surface area (Å²) in [6.07, 6.45) is -7.20. The molecule has 1 nitrogen and oxygen atoms in total. The monoisotopic (exact) mass is 328 g/mol. The molecule has 20 heavy (non-hydrogen) atoms. The first-order valence-electron chi connectivity index (χ1n) is 4.55. The molecule has 0 amide bonds. The highest BCUT2D eigenvalue weighted by Crippen LogP contribution is 2.59. The first-order valence-corrected chi connectivity index (χ1v) is 4.55. The molecule has 12 heteroatoms. The van der Waals surface area contributed by atoms with E-state index in [9.17, 15) is 48.3 Å². The molecule has 0 aromatic rings. The number of aliphatic hydroxyl groups is 1. The molecule has 0 rings (SSSR count). The predicted molar refractivity (Wildman–Crippen MR) is 42.1 cm³/mol. The fourth-order valence-electron chi connectivity index (χ4n) is 0.957. The molecule has 0 aromatic carbocycles. The highest BCUT2D eigenvalue weighted by molar-refractivity contribution is 5.10. The Morgan fingerprint density at radius 3 is 0.950 bits per heavy atom. The standard InChI is InChI=1S/C8H7F11O/c1-3(2,20)4(9,10)5(11,12)6(13,14)7(15,16)8(17,18)19/h20H,1-2H3. The Morgan fingerprint density at radius 1 is 0.500 bits per heavy atom. The molecule has 0 fully saturated rings. The molecule has 0 aromatic heterocycles. The average molecular weight is 328 g/mol. The zero-order valence-electron chi connectivity index (χ0n) is 9.60. The van der Waals surface area contributed by atoms with Crippen LogP contribution in [0, 0.1) is 0 Å². The second kappa shape index (κ2) is 4.34. The molecular weight excluding hydrogens is 321 g/mol. The third-order valence-electron chi connectivity index (χ3n) is 2.31. The van der Waals surface area contributed by atoms with Gasteiger partial charge in [0.2, 0.25) is 0 Å². The zero-order chi connectivity index (χ0) is 17.0. The van der Waals surface area contributed by atoms with Gasteiger partial charge in [-0.2, -0.15) is 48.3 Å². The van der Waals surface area contributed by atoms with E-state index in [4.69, 9.17) is 5.11 Å². The number of alkyl halides is 11. The topological polar surface area (TPSA) is 20.2 Å². The molecule has 0 saturated heterocycles. The van der Waals surface area contributed by atoms with Gasteiger partial charge in [0.1, 0.15) is 5.60 Å². The van der Waals surface area contributed by atoms with Crippen LogP contribution in [-0.2, 0) is 0 Å². The fraction of sp³-hybridized carbons (Fsp3) is 1.00. The maximum absolute atomic E-state index is 12.9. The number of rotatable bonds is 4. The van der Waals surface area contributed by atoms with E-state index in [0.29, 0.717) is 0 Å². The Bertz CT molecular complexity index is 326. The second-order valence-electron chi connectivity index (χ2n) is 4.35. The van der Waals surface area contributed by atoms with Crippen LogP contribution < -0.4 is 0 Å². The SMILES string of the molecule is CC(C)(O)C(F)(F)C(F)(F)C(F)(F)C(F)(F)C(F)(F)F. The minimum Gasteiger partial charge on any atom is -0.384 e. The molecular formula is C8H7F11O. The third kappa shape index (κ3) is 2.31. The van der Waals surface area contributed by atoms with Crippen LogP contribution in [0.1, 0.15) is 13.8 Å². The molecule has 0 unspecified atom stereocenters. The van der Waals surface area contributed by atoms with Crippen molar-refractivity contribution in [2.75, 3.05) is 0 Å². The predicted octanol–water partition coefficient (Wildman–Crippen LogP) is 3.86. The largest absolute Gasteiger partial charge is 0.460 e. The molecule has 0 heterocycles. The molecule has 0 aliphatic rings. The van der Waals surface area contributed by atoms with E-state index in [2.05, 4.69) is 0 Å². The molecule has 122 valence electrons. The van der Waals surface area contributed by atoms with Gasteiger partial charge in [0, 0.05) is 0 Å². The fourth-order valence-corrected chi connectivity index (χ4v) is 0.957. The van der Waals surface area contributed by atoms with Crippen molar-refractivity contribution < 1.29 is 53.4 Å². The molecule has 0 aliphatic carbocycles. The second-order valence-corrected chi connectivity index (χ2v) is 4.35. The summed E-state index contributed by atoms with van der Waals surface area (Å²) in [5.41, 5.74) is -3.98. The van der Waals surface area contributed by atoms with E-state index in [1.54, 1.807) is 0 Å². The van der Waals surface area contributed by atoms with E-state index in [0.717, 1.165) is 0 Å². The van der Waals surface area contributed by atoms with Gasteiger partial charge in [-0.1, -0.05) is 0 Å². The summed E-state index contributed by atoms with van der Waals surface area (Å²) in [4.78, 5) is 0. The minimum atomic E-state index is -7.48. The van der Waals surface area contributed by atoms with Gasteiger partial charge in [-0.15, -0.1) is 0 Å². The van der Waals surface area contributed by atoms with Crippen LogP contribution in [0.25, 0.3) is 0 Å². The van der Waals surface area contributed by atoms with Crippen molar-refractivity contribution in [1.29, 1.82) is 0 Å². The molecule has 0 atom stereocenters.